The number of nitrogens with zero attached hydrogens (tertiary/aromatic N) is 2. The Balaban J connectivity index is 2.15. The summed E-state index contributed by atoms with van der Waals surface area (Å²) in [7, 11) is 0. The van der Waals surface area contributed by atoms with E-state index in [4.69, 9.17) is 23.2 Å². The topological polar surface area (TPSA) is 38.0 Å². The molecule has 2 rings (SSSR count). The van der Waals surface area contributed by atoms with Gasteiger partial charge in [-0.3, -0.25) is 0 Å². The lowest BCUT2D eigenvalue weighted by Gasteiger charge is -2.13. The van der Waals surface area contributed by atoms with Crippen LogP contribution >= 0.6 is 23.2 Å². The van der Waals surface area contributed by atoms with Gasteiger partial charge in [-0.1, -0.05) is 30.1 Å². The van der Waals surface area contributed by atoms with Gasteiger partial charge in [-0.25, -0.2) is 4.98 Å². The van der Waals surface area contributed by atoms with Crippen molar-refractivity contribution in [1.82, 2.24) is 9.55 Å². The number of rotatable bonds is 5. The van der Waals surface area contributed by atoms with Gasteiger partial charge in [-0.05, 0) is 30.2 Å². The van der Waals surface area contributed by atoms with Crippen molar-refractivity contribution in [2.45, 2.75) is 32.4 Å². The highest BCUT2D eigenvalue weighted by molar-refractivity contribution is 6.34. The maximum atomic E-state index is 10.3. The van der Waals surface area contributed by atoms with Gasteiger partial charge in [0, 0.05) is 35.4 Å². The summed E-state index contributed by atoms with van der Waals surface area (Å²) in [5.41, 5.74) is 0.712. The summed E-state index contributed by atoms with van der Waals surface area (Å²) in [6, 6.07) is 5.10. The molecule has 0 fully saturated rings. The van der Waals surface area contributed by atoms with E-state index in [0.717, 1.165) is 18.8 Å². The van der Waals surface area contributed by atoms with Crippen molar-refractivity contribution >= 4 is 23.2 Å². The highest BCUT2D eigenvalue weighted by Gasteiger charge is 2.13. The average Bonchev–Trinajstić information content (AvgIpc) is 2.76. The minimum atomic E-state index is -0.658. The Morgan fingerprint density at radius 3 is 2.58 bits per heavy atom. The van der Waals surface area contributed by atoms with Crippen LogP contribution in [0.15, 0.2) is 30.6 Å². The molecule has 19 heavy (non-hydrogen) atoms. The van der Waals surface area contributed by atoms with Gasteiger partial charge in [-0.2, -0.15) is 0 Å². The van der Waals surface area contributed by atoms with Crippen LogP contribution in [0.4, 0.5) is 0 Å². The highest BCUT2D eigenvalue weighted by atomic mass is 35.5. The lowest BCUT2D eigenvalue weighted by molar-refractivity contribution is 0.174. The molecule has 1 atom stereocenters. The van der Waals surface area contributed by atoms with Gasteiger partial charge in [0.1, 0.15) is 5.82 Å². The zero-order valence-electron chi connectivity index (χ0n) is 10.7. The van der Waals surface area contributed by atoms with Crippen LogP contribution in [0.25, 0.3) is 0 Å². The first-order valence-corrected chi connectivity index (χ1v) is 6.99. The fraction of sp³-hybridized carbons (Fsp3) is 0.357. The van der Waals surface area contributed by atoms with Crippen molar-refractivity contribution in [2.24, 2.45) is 0 Å². The zero-order chi connectivity index (χ0) is 13.8. The van der Waals surface area contributed by atoms with Crippen LogP contribution in [0.3, 0.4) is 0 Å². The number of aliphatic hydroxyl groups is 1. The summed E-state index contributed by atoms with van der Waals surface area (Å²) in [5.74, 6) is 0.866. The number of aryl methyl sites for hydroxylation is 1. The predicted octanol–water partition coefficient (Wildman–Crippen LogP) is 3.88. The number of halogens is 2. The molecular weight excluding hydrogens is 283 g/mol. The smallest absolute Gasteiger partial charge is 0.111 e. The van der Waals surface area contributed by atoms with Gasteiger partial charge in [0.25, 0.3) is 0 Å². The normalized spacial score (nSPS) is 12.6. The first kappa shape index (κ1) is 14.4. The minimum absolute atomic E-state index is 0.448. The fourth-order valence-electron chi connectivity index (χ4n) is 2.03. The molecule has 0 aliphatic heterocycles. The van der Waals surface area contributed by atoms with Crippen LogP contribution in [-0.2, 0) is 13.0 Å². The SMILES string of the molecule is CCCn1ccnc1CC(O)c1cc(Cl)cc(Cl)c1. The summed E-state index contributed by atoms with van der Waals surface area (Å²) in [5, 5.41) is 11.3. The van der Waals surface area contributed by atoms with Crippen LogP contribution in [0.2, 0.25) is 10.0 Å². The summed E-state index contributed by atoms with van der Waals surface area (Å²) < 4.78 is 2.05. The van der Waals surface area contributed by atoms with E-state index in [9.17, 15) is 5.11 Å². The van der Waals surface area contributed by atoms with E-state index < -0.39 is 6.10 Å². The molecule has 0 saturated heterocycles. The van der Waals surface area contributed by atoms with E-state index >= 15 is 0 Å². The number of benzene rings is 1. The van der Waals surface area contributed by atoms with Gasteiger partial charge in [0.05, 0.1) is 6.10 Å². The van der Waals surface area contributed by atoms with E-state index in [1.165, 1.54) is 0 Å². The molecule has 1 N–H and O–H groups in total. The zero-order valence-corrected chi connectivity index (χ0v) is 12.2. The molecule has 1 heterocycles. The van der Waals surface area contributed by atoms with Crippen LogP contribution in [0.1, 0.15) is 30.8 Å². The van der Waals surface area contributed by atoms with Gasteiger partial charge >= 0.3 is 0 Å². The predicted molar refractivity (Wildman–Crippen MR) is 77.6 cm³/mol. The number of aliphatic hydroxyl groups excluding tert-OH is 1. The average molecular weight is 299 g/mol. The summed E-state index contributed by atoms with van der Waals surface area (Å²) >= 11 is 11.9. The Kier molecular flexibility index (Phi) is 4.86. The largest absolute Gasteiger partial charge is 0.388 e. The van der Waals surface area contributed by atoms with E-state index in [1.807, 2.05) is 6.20 Å². The first-order chi connectivity index (χ1) is 9.10. The molecule has 0 saturated carbocycles. The maximum absolute atomic E-state index is 10.3. The second-order valence-corrected chi connectivity index (χ2v) is 5.33. The molecule has 102 valence electrons. The molecule has 0 bridgehead atoms. The molecule has 3 nitrogen and oxygen atoms in total. The molecule has 0 aliphatic carbocycles. The Hall–Kier alpha value is -1.03. The quantitative estimate of drug-likeness (QED) is 0.910. The van der Waals surface area contributed by atoms with Crippen LogP contribution < -0.4 is 0 Å². The third kappa shape index (κ3) is 3.72. The van der Waals surface area contributed by atoms with Crippen molar-refractivity contribution in [3.63, 3.8) is 0 Å². The van der Waals surface area contributed by atoms with Crippen LogP contribution in [-0.4, -0.2) is 14.7 Å². The van der Waals surface area contributed by atoms with E-state index in [2.05, 4.69) is 16.5 Å². The molecule has 5 heteroatoms. The fourth-order valence-corrected chi connectivity index (χ4v) is 2.58. The number of hydrogen-bond donors (Lipinski definition) is 1. The molecule has 2 aromatic rings. The molecule has 1 aromatic carbocycles. The first-order valence-electron chi connectivity index (χ1n) is 6.24. The van der Waals surface area contributed by atoms with Crippen molar-refractivity contribution in [3.8, 4) is 0 Å². The number of imidazole rings is 1. The van der Waals surface area contributed by atoms with E-state index in [-0.39, 0.29) is 0 Å². The monoisotopic (exact) mass is 298 g/mol. The van der Waals surface area contributed by atoms with E-state index in [0.29, 0.717) is 22.0 Å². The lowest BCUT2D eigenvalue weighted by atomic mass is 10.1. The van der Waals surface area contributed by atoms with E-state index in [1.54, 1.807) is 24.4 Å². The summed E-state index contributed by atoms with van der Waals surface area (Å²) in [6.45, 7) is 3.01. The molecular formula is C14H16Cl2N2O. The Bertz CT molecular complexity index is 534. The molecule has 1 aromatic heterocycles. The molecule has 0 radical (unpaired) electrons. The Labute approximate surface area is 122 Å². The summed E-state index contributed by atoms with van der Waals surface area (Å²) in [6.07, 6.45) is 4.50. The second-order valence-electron chi connectivity index (χ2n) is 4.46. The second kappa shape index (κ2) is 6.42. The summed E-state index contributed by atoms with van der Waals surface area (Å²) in [4.78, 5) is 4.28. The van der Waals surface area contributed by atoms with Crippen molar-refractivity contribution in [2.75, 3.05) is 0 Å². The Morgan fingerprint density at radius 2 is 1.95 bits per heavy atom. The third-order valence-electron chi connectivity index (χ3n) is 2.91. The van der Waals surface area contributed by atoms with Crippen molar-refractivity contribution in [1.29, 1.82) is 0 Å². The minimum Gasteiger partial charge on any atom is -0.388 e. The van der Waals surface area contributed by atoms with Crippen LogP contribution in [0, 0.1) is 0 Å². The van der Waals surface area contributed by atoms with Crippen LogP contribution in [0.5, 0.6) is 0 Å². The maximum Gasteiger partial charge on any atom is 0.111 e. The Morgan fingerprint density at radius 1 is 1.26 bits per heavy atom. The molecule has 0 amide bonds. The van der Waals surface area contributed by atoms with Gasteiger partial charge in [0.15, 0.2) is 0 Å². The van der Waals surface area contributed by atoms with Gasteiger partial charge in [0.2, 0.25) is 0 Å². The van der Waals surface area contributed by atoms with Gasteiger partial charge in [-0.15, -0.1) is 0 Å². The van der Waals surface area contributed by atoms with Gasteiger partial charge < -0.3 is 9.67 Å². The third-order valence-corrected chi connectivity index (χ3v) is 3.35. The lowest BCUT2D eigenvalue weighted by Crippen LogP contribution is -2.09. The number of aromatic nitrogens is 2. The highest BCUT2D eigenvalue weighted by Crippen LogP contribution is 2.25. The molecule has 0 spiro atoms. The van der Waals surface area contributed by atoms with Crippen molar-refractivity contribution < 1.29 is 5.11 Å². The molecule has 1 unspecified atom stereocenters. The number of hydrogen-bond acceptors (Lipinski definition) is 2. The molecule has 0 aliphatic rings. The standard InChI is InChI=1S/C14H16Cl2N2O/c1-2-4-18-5-3-17-14(18)9-13(19)10-6-11(15)8-12(16)7-10/h3,5-8,13,19H,2,4,9H2,1H3. The van der Waals surface area contributed by atoms with Crippen molar-refractivity contribution in [3.05, 3.63) is 52.0 Å².